The van der Waals surface area contributed by atoms with Crippen molar-refractivity contribution in [1.29, 1.82) is 0 Å². The Hall–Kier alpha value is -0.120. The van der Waals surface area contributed by atoms with Crippen molar-refractivity contribution < 1.29 is 52.4 Å². The Morgan fingerprint density at radius 2 is 2.06 bits per heavy atom. The molecule has 1 rings (SSSR count). The molecule has 16 heavy (non-hydrogen) atoms. The molecule has 0 saturated carbocycles. The van der Waals surface area contributed by atoms with Crippen molar-refractivity contribution in [3.8, 4) is 5.88 Å². The van der Waals surface area contributed by atoms with E-state index in [1.165, 1.54) is 25.8 Å². The number of aromatic nitrogens is 2. The van der Waals surface area contributed by atoms with Crippen molar-refractivity contribution in [3.63, 3.8) is 0 Å². The van der Waals surface area contributed by atoms with Gasteiger partial charge in [-0.2, -0.15) is 5.10 Å². The molecule has 1 aromatic rings. The van der Waals surface area contributed by atoms with E-state index in [2.05, 4.69) is 5.10 Å². The molecule has 9 heteroatoms. The fourth-order valence-electron chi connectivity index (χ4n) is 1.32. The van der Waals surface area contributed by atoms with Crippen molar-refractivity contribution in [2.24, 2.45) is 7.05 Å². The van der Waals surface area contributed by atoms with Gasteiger partial charge in [0.25, 0.3) is 0 Å². The molecule has 0 aliphatic heterocycles. The van der Waals surface area contributed by atoms with Gasteiger partial charge in [0.1, 0.15) is 10.1 Å². The van der Waals surface area contributed by atoms with E-state index < -0.39 is 15.6 Å². The molecule has 86 valence electrons. The van der Waals surface area contributed by atoms with Gasteiger partial charge >= 0.3 is 29.6 Å². The molecule has 0 spiro atoms. The Labute approximate surface area is 115 Å². The maximum absolute atomic E-state index is 10.7. The Bertz CT molecular complexity index is 469. The molecule has 1 atom stereocenters. The molecule has 0 aliphatic rings. The number of aliphatic hydroxyl groups is 1. The van der Waals surface area contributed by atoms with Gasteiger partial charge in [-0.05, 0) is 6.92 Å². The number of methoxy groups -OCH3 is 1. The third kappa shape index (κ3) is 2.96. The van der Waals surface area contributed by atoms with Gasteiger partial charge in [-0.15, -0.1) is 0 Å². The molecule has 0 radical (unpaired) electrons. The van der Waals surface area contributed by atoms with E-state index in [-0.39, 0.29) is 46.7 Å². The van der Waals surface area contributed by atoms with E-state index in [0.717, 1.165) is 0 Å². The topological polar surface area (TPSA) is 104 Å². The van der Waals surface area contributed by atoms with Crippen LogP contribution < -0.4 is 34.3 Å². The molecule has 1 heterocycles. The van der Waals surface area contributed by atoms with Crippen LogP contribution in [0.15, 0.2) is 0 Å². The van der Waals surface area contributed by atoms with E-state index >= 15 is 0 Å². The van der Waals surface area contributed by atoms with Crippen molar-refractivity contribution in [3.05, 3.63) is 11.3 Å². The van der Waals surface area contributed by atoms with Crippen LogP contribution in [-0.2, 0) is 17.2 Å². The van der Waals surface area contributed by atoms with Crippen LogP contribution in [0, 0.1) is 6.92 Å². The third-order valence-electron chi connectivity index (χ3n) is 1.93. The molecule has 0 amide bonds. The monoisotopic (exact) mass is 258 g/mol. The molecular formula is C7H11N2NaO5S. The Kier molecular flexibility index (Phi) is 5.44. The largest absolute Gasteiger partial charge is 1.00 e. The number of rotatable bonds is 3. The van der Waals surface area contributed by atoms with Crippen molar-refractivity contribution in [2.75, 3.05) is 7.11 Å². The van der Waals surface area contributed by atoms with Crippen LogP contribution in [0.25, 0.3) is 0 Å². The summed E-state index contributed by atoms with van der Waals surface area (Å²) < 4.78 is 38.1. The average molecular weight is 258 g/mol. The standard InChI is InChI=1S/C7H12N2O5S.Na/c1-4-5(7(10)15(11,12)13)6(14-3)9(2)8-4;/h7,10H,1-3H3,(H,11,12,13);/q;+1/p-1. The summed E-state index contributed by atoms with van der Waals surface area (Å²) in [6, 6.07) is 0. The van der Waals surface area contributed by atoms with Gasteiger partial charge in [-0.25, -0.2) is 13.1 Å². The first-order chi connectivity index (χ1) is 6.79. The second-order valence-corrected chi connectivity index (χ2v) is 4.41. The van der Waals surface area contributed by atoms with Gasteiger partial charge in [-0.1, -0.05) is 0 Å². The predicted molar refractivity (Wildman–Crippen MR) is 49.2 cm³/mol. The van der Waals surface area contributed by atoms with E-state index in [1.807, 2.05) is 0 Å². The summed E-state index contributed by atoms with van der Waals surface area (Å²) in [6.45, 7) is 1.48. The van der Waals surface area contributed by atoms with E-state index in [4.69, 9.17) is 4.74 Å². The van der Waals surface area contributed by atoms with Gasteiger partial charge in [-0.3, -0.25) is 0 Å². The van der Waals surface area contributed by atoms with Crippen LogP contribution in [0.1, 0.15) is 16.7 Å². The molecule has 1 N–H and O–H groups in total. The molecule has 1 aromatic heterocycles. The first kappa shape index (κ1) is 15.9. The van der Waals surface area contributed by atoms with E-state index in [0.29, 0.717) is 0 Å². The Morgan fingerprint density at radius 1 is 1.56 bits per heavy atom. The summed E-state index contributed by atoms with van der Waals surface area (Å²) >= 11 is 0. The molecule has 0 saturated heterocycles. The second-order valence-electron chi connectivity index (χ2n) is 2.98. The third-order valence-corrected chi connectivity index (χ3v) is 2.71. The van der Waals surface area contributed by atoms with Crippen molar-refractivity contribution in [2.45, 2.75) is 12.4 Å². The summed E-state index contributed by atoms with van der Waals surface area (Å²) in [7, 11) is -2.02. The zero-order valence-electron chi connectivity index (χ0n) is 9.46. The van der Waals surface area contributed by atoms with Crippen molar-refractivity contribution >= 4 is 10.1 Å². The quantitative estimate of drug-likeness (QED) is 0.441. The predicted octanol–water partition coefficient (Wildman–Crippen LogP) is -3.72. The SMILES string of the molecule is COc1c(C(O)S(=O)(=O)[O-])c(C)nn1C.[Na+]. The normalized spacial score (nSPS) is 13.1. The molecular weight excluding hydrogens is 247 g/mol. The fraction of sp³-hybridized carbons (Fsp3) is 0.571. The first-order valence-corrected chi connectivity index (χ1v) is 5.46. The zero-order chi connectivity index (χ0) is 11.8. The number of hydrogen-bond acceptors (Lipinski definition) is 6. The summed E-state index contributed by atoms with van der Waals surface area (Å²) in [4.78, 5) is 0. The van der Waals surface area contributed by atoms with Crippen LogP contribution >= 0.6 is 0 Å². The number of nitrogens with zero attached hydrogens (tertiary/aromatic N) is 2. The number of ether oxygens (including phenoxy) is 1. The van der Waals surface area contributed by atoms with Gasteiger partial charge in [0.15, 0.2) is 5.44 Å². The average Bonchev–Trinajstić information content (AvgIpc) is 2.37. The van der Waals surface area contributed by atoms with Crippen LogP contribution in [0.3, 0.4) is 0 Å². The first-order valence-electron chi connectivity index (χ1n) is 3.99. The van der Waals surface area contributed by atoms with Gasteiger partial charge in [0.2, 0.25) is 5.88 Å². The van der Waals surface area contributed by atoms with Crippen LogP contribution in [0.4, 0.5) is 0 Å². The maximum Gasteiger partial charge on any atom is 1.00 e. The van der Waals surface area contributed by atoms with Gasteiger partial charge in [0, 0.05) is 7.05 Å². The summed E-state index contributed by atoms with van der Waals surface area (Å²) in [5.41, 5.74) is -2.03. The van der Waals surface area contributed by atoms with Crippen LogP contribution in [-0.4, -0.2) is 35.0 Å². The summed E-state index contributed by atoms with van der Waals surface area (Å²) in [6.07, 6.45) is 0. The van der Waals surface area contributed by atoms with E-state index in [1.54, 1.807) is 0 Å². The smallest absolute Gasteiger partial charge is 0.746 e. The molecule has 0 aromatic carbocycles. The maximum atomic E-state index is 10.7. The fourth-order valence-corrected chi connectivity index (χ4v) is 1.88. The molecule has 1 unspecified atom stereocenters. The molecule has 7 nitrogen and oxygen atoms in total. The number of aliphatic hydroxyl groups excluding tert-OH is 1. The zero-order valence-corrected chi connectivity index (χ0v) is 12.3. The molecule has 0 aliphatic carbocycles. The minimum Gasteiger partial charge on any atom is -0.746 e. The summed E-state index contributed by atoms with van der Waals surface area (Å²) in [5, 5.41) is 13.2. The number of hydrogen-bond donors (Lipinski definition) is 1. The Balaban J connectivity index is 0.00000225. The Morgan fingerprint density at radius 3 is 2.44 bits per heavy atom. The van der Waals surface area contributed by atoms with E-state index in [9.17, 15) is 18.1 Å². The van der Waals surface area contributed by atoms with Crippen LogP contribution in [0.2, 0.25) is 0 Å². The van der Waals surface area contributed by atoms with Crippen molar-refractivity contribution in [1.82, 2.24) is 9.78 Å². The number of aryl methyl sites for hydroxylation is 2. The molecule has 0 bridgehead atoms. The minimum atomic E-state index is -4.83. The summed E-state index contributed by atoms with van der Waals surface area (Å²) in [5.74, 6) is 0.0550. The molecule has 0 fully saturated rings. The minimum absolute atomic E-state index is 0. The van der Waals surface area contributed by atoms with Gasteiger partial charge < -0.3 is 14.4 Å². The van der Waals surface area contributed by atoms with Gasteiger partial charge in [0.05, 0.1) is 18.4 Å². The van der Waals surface area contributed by atoms with Crippen LogP contribution in [0.5, 0.6) is 5.88 Å². The second kappa shape index (κ2) is 5.48.